The van der Waals surface area contributed by atoms with E-state index in [1.807, 2.05) is 0 Å². The Kier molecular flexibility index (Phi) is 3.67. The zero-order chi connectivity index (χ0) is 10.8. The highest BCUT2D eigenvalue weighted by Gasteiger charge is 2.43. The molecule has 0 unspecified atom stereocenters. The van der Waals surface area contributed by atoms with Gasteiger partial charge in [-0.05, 0) is 19.9 Å². The first-order chi connectivity index (χ1) is 6.46. The Hall–Kier alpha value is -0.410. The van der Waals surface area contributed by atoms with E-state index in [2.05, 4.69) is 25.8 Å². The summed E-state index contributed by atoms with van der Waals surface area (Å²) >= 11 is 0. The Labute approximate surface area is 86.4 Å². The Bertz CT molecular complexity index is 209. The van der Waals surface area contributed by atoms with E-state index in [0.29, 0.717) is 19.1 Å². The van der Waals surface area contributed by atoms with Crippen molar-refractivity contribution in [3.8, 4) is 0 Å². The summed E-state index contributed by atoms with van der Waals surface area (Å²) in [4.78, 5) is 13.7. The van der Waals surface area contributed by atoms with Crippen LogP contribution in [0.2, 0.25) is 0 Å². The predicted molar refractivity (Wildman–Crippen MR) is 56.3 cm³/mol. The van der Waals surface area contributed by atoms with Crippen molar-refractivity contribution >= 4 is 5.78 Å². The number of carbonyl (C=O) groups is 1. The van der Waals surface area contributed by atoms with E-state index in [0.717, 1.165) is 13.1 Å². The zero-order valence-corrected chi connectivity index (χ0v) is 9.67. The molecule has 1 aliphatic heterocycles. The molecule has 1 fully saturated rings. The average molecular weight is 199 g/mol. The lowest BCUT2D eigenvalue weighted by atomic mass is 9.81. The maximum absolute atomic E-state index is 11.5. The highest BCUT2D eigenvalue weighted by molar-refractivity contribution is 5.83. The van der Waals surface area contributed by atoms with Gasteiger partial charge in [0.15, 0.2) is 0 Å². The molecule has 0 amide bonds. The van der Waals surface area contributed by atoms with Crippen molar-refractivity contribution in [1.29, 1.82) is 0 Å². The molecule has 82 valence electrons. The van der Waals surface area contributed by atoms with Crippen molar-refractivity contribution in [2.45, 2.75) is 20.8 Å². The Morgan fingerprint density at radius 2 is 2.07 bits per heavy atom. The van der Waals surface area contributed by atoms with Crippen LogP contribution in [-0.4, -0.2) is 44.0 Å². The molecule has 1 aliphatic rings. The molecule has 0 bridgehead atoms. The maximum Gasteiger partial charge on any atom is 0.141 e. The van der Waals surface area contributed by atoms with E-state index in [1.165, 1.54) is 0 Å². The third kappa shape index (κ3) is 2.55. The van der Waals surface area contributed by atoms with Crippen molar-refractivity contribution in [3.63, 3.8) is 0 Å². The van der Waals surface area contributed by atoms with Gasteiger partial charge in [0.05, 0.1) is 18.6 Å². The van der Waals surface area contributed by atoms with E-state index in [1.54, 1.807) is 6.92 Å². The van der Waals surface area contributed by atoms with Crippen LogP contribution in [0.4, 0.5) is 0 Å². The molecule has 0 aliphatic carbocycles. The smallest absolute Gasteiger partial charge is 0.141 e. The van der Waals surface area contributed by atoms with Crippen LogP contribution >= 0.6 is 0 Å². The summed E-state index contributed by atoms with van der Waals surface area (Å²) in [5.74, 6) is 0.907. The van der Waals surface area contributed by atoms with Gasteiger partial charge in [0, 0.05) is 13.1 Å². The zero-order valence-electron chi connectivity index (χ0n) is 9.67. The molecule has 0 aromatic heterocycles. The molecule has 0 aromatic carbocycles. The summed E-state index contributed by atoms with van der Waals surface area (Å²) in [5, 5.41) is 0. The molecule has 0 saturated carbocycles. The summed E-state index contributed by atoms with van der Waals surface area (Å²) in [6.45, 7) is 9.12. The first-order valence-electron chi connectivity index (χ1n) is 5.23. The highest BCUT2D eigenvalue weighted by atomic mass is 16.5. The number of carbonyl (C=O) groups excluding carboxylic acids is 1. The van der Waals surface area contributed by atoms with Crippen LogP contribution in [0.3, 0.4) is 0 Å². The summed E-state index contributed by atoms with van der Waals surface area (Å²) in [5.41, 5.74) is -0.205. The van der Waals surface area contributed by atoms with E-state index in [-0.39, 0.29) is 11.2 Å². The Morgan fingerprint density at radius 1 is 1.50 bits per heavy atom. The molecule has 1 saturated heterocycles. The van der Waals surface area contributed by atoms with Gasteiger partial charge in [0.2, 0.25) is 0 Å². The van der Waals surface area contributed by atoms with Crippen molar-refractivity contribution in [3.05, 3.63) is 0 Å². The minimum absolute atomic E-state index is 0.205. The lowest BCUT2D eigenvalue weighted by molar-refractivity contribution is -0.160. The minimum Gasteiger partial charge on any atom is -0.379 e. The van der Waals surface area contributed by atoms with Crippen molar-refractivity contribution in [1.82, 2.24) is 4.90 Å². The quantitative estimate of drug-likeness (QED) is 0.666. The second-order valence-corrected chi connectivity index (χ2v) is 4.92. The number of ether oxygens (including phenoxy) is 1. The van der Waals surface area contributed by atoms with Gasteiger partial charge in [0.25, 0.3) is 0 Å². The predicted octanol–water partition coefficient (Wildman–Crippen LogP) is 1.18. The molecular formula is C11H21NO2. The molecule has 0 aromatic rings. The number of hydrogen-bond acceptors (Lipinski definition) is 3. The lowest BCUT2D eigenvalue weighted by Crippen LogP contribution is -2.54. The van der Waals surface area contributed by atoms with E-state index < -0.39 is 0 Å². The van der Waals surface area contributed by atoms with Gasteiger partial charge in [-0.1, -0.05) is 13.8 Å². The van der Waals surface area contributed by atoms with Crippen molar-refractivity contribution < 1.29 is 9.53 Å². The minimum atomic E-state index is -0.205. The number of rotatable bonds is 5. The van der Waals surface area contributed by atoms with Gasteiger partial charge in [-0.15, -0.1) is 0 Å². The third-order valence-corrected chi connectivity index (χ3v) is 2.75. The SMILES string of the molecule is CC(=O)C1(CN(C)CC(C)C)COC1. The topological polar surface area (TPSA) is 29.5 Å². The van der Waals surface area contributed by atoms with Crippen LogP contribution < -0.4 is 0 Å². The molecule has 1 rings (SSSR count). The fraction of sp³-hybridized carbons (Fsp3) is 0.909. The monoisotopic (exact) mass is 199 g/mol. The normalized spacial score (nSPS) is 19.9. The van der Waals surface area contributed by atoms with Gasteiger partial charge in [-0.3, -0.25) is 4.79 Å². The molecule has 3 nitrogen and oxygen atoms in total. The van der Waals surface area contributed by atoms with Gasteiger partial charge < -0.3 is 9.64 Å². The number of ketones is 1. The third-order valence-electron chi connectivity index (χ3n) is 2.75. The molecule has 3 heteroatoms. The average Bonchev–Trinajstić information content (AvgIpc) is 1.94. The van der Waals surface area contributed by atoms with Gasteiger partial charge in [0.1, 0.15) is 5.78 Å². The summed E-state index contributed by atoms with van der Waals surface area (Å²) < 4.78 is 5.16. The van der Waals surface area contributed by atoms with Crippen molar-refractivity contribution in [2.24, 2.45) is 11.3 Å². The second kappa shape index (κ2) is 4.41. The number of nitrogens with zero attached hydrogens (tertiary/aromatic N) is 1. The van der Waals surface area contributed by atoms with E-state index in [4.69, 9.17) is 4.74 Å². The van der Waals surface area contributed by atoms with Crippen LogP contribution in [0.15, 0.2) is 0 Å². The van der Waals surface area contributed by atoms with Gasteiger partial charge in [-0.25, -0.2) is 0 Å². The molecule has 14 heavy (non-hydrogen) atoms. The fourth-order valence-electron chi connectivity index (χ4n) is 1.96. The molecular weight excluding hydrogens is 178 g/mol. The summed E-state index contributed by atoms with van der Waals surface area (Å²) in [6.07, 6.45) is 0. The molecule has 0 spiro atoms. The number of hydrogen-bond donors (Lipinski definition) is 0. The van der Waals surface area contributed by atoms with Gasteiger partial charge >= 0.3 is 0 Å². The van der Waals surface area contributed by atoms with Crippen LogP contribution in [0.5, 0.6) is 0 Å². The first kappa shape index (κ1) is 11.7. The fourth-order valence-corrected chi connectivity index (χ4v) is 1.96. The maximum atomic E-state index is 11.5. The van der Waals surface area contributed by atoms with Gasteiger partial charge in [-0.2, -0.15) is 0 Å². The van der Waals surface area contributed by atoms with E-state index >= 15 is 0 Å². The second-order valence-electron chi connectivity index (χ2n) is 4.92. The molecule has 0 radical (unpaired) electrons. The first-order valence-corrected chi connectivity index (χ1v) is 5.23. The lowest BCUT2D eigenvalue weighted by Gasteiger charge is -2.42. The highest BCUT2D eigenvalue weighted by Crippen LogP contribution is 2.29. The Balaban J connectivity index is 2.44. The van der Waals surface area contributed by atoms with Crippen LogP contribution in [0.25, 0.3) is 0 Å². The van der Waals surface area contributed by atoms with Crippen LogP contribution in [0.1, 0.15) is 20.8 Å². The standard InChI is InChI=1S/C11H21NO2/c1-9(2)5-12(4)6-11(10(3)13)7-14-8-11/h9H,5-8H2,1-4H3. The summed E-state index contributed by atoms with van der Waals surface area (Å²) in [7, 11) is 2.07. The Morgan fingerprint density at radius 3 is 2.36 bits per heavy atom. The summed E-state index contributed by atoms with van der Waals surface area (Å²) in [6, 6.07) is 0. The molecule has 0 N–H and O–H groups in total. The van der Waals surface area contributed by atoms with Crippen LogP contribution in [-0.2, 0) is 9.53 Å². The molecule has 1 heterocycles. The molecule has 0 atom stereocenters. The van der Waals surface area contributed by atoms with E-state index in [9.17, 15) is 4.79 Å². The largest absolute Gasteiger partial charge is 0.379 e. The number of Topliss-reactive ketones (excluding diaryl/α,β-unsaturated/α-hetero) is 1. The van der Waals surface area contributed by atoms with Crippen molar-refractivity contribution in [2.75, 3.05) is 33.4 Å². The van der Waals surface area contributed by atoms with Crippen LogP contribution in [0, 0.1) is 11.3 Å².